The van der Waals surface area contributed by atoms with E-state index in [1.807, 2.05) is 60.4 Å². The van der Waals surface area contributed by atoms with Gasteiger partial charge < -0.3 is 19.5 Å². The summed E-state index contributed by atoms with van der Waals surface area (Å²) in [5, 5.41) is 10.6. The Kier molecular flexibility index (Phi) is 8.17. The number of likely N-dealkylation sites (tertiary alicyclic amines) is 1. The molecule has 0 bridgehead atoms. The standard InChI is InChI=1S/C32H37ClN2O4/c1-5-20(2)39-30-18-28-24(16-29(30)38-4)17-31(37)35(32(28)23-6-10-25(33)11-7-23)26-12-8-22(9-13-26)21(3)34-15-14-27(36)19-34/h6-13,16,18,20-21,27,32,36H,5,14-15,17,19H2,1-4H3. The van der Waals surface area contributed by atoms with Crippen LogP contribution in [-0.2, 0) is 11.2 Å². The van der Waals surface area contributed by atoms with Crippen molar-refractivity contribution in [1.29, 1.82) is 0 Å². The quantitative estimate of drug-likeness (QED) is 0.356. The van der Waals surface area contributed by atoms with Crippen molar-refractivity contribution < 1.29 is 19.4 Å². The maximum atomic E-state index is 13.8. The third-order valence-electron chi connectivity index (χ3n) is 8.07. The van der Waals surface area contributed by atoms with Gasteiger partial charge in [0.15, 0.2) is 11.5 Å². The predicted octanol–water partition coefficient (Wildman–Crippen LogP) is 6.33. The van der Waals surface area contributed by atoms with Gasteiger partial charge in [0, 0.05) is 29.8 Å². The lowest BCUT2D eigenvalue weighted by atomic mass is 9.86. The Morgan fingerprint density at radius 1 is 1.05 bits per heavy atom. The van der Waals surface area contributed by atoms with Gasteiger partial charge in [-0.3, -0.25) is 9.69 Å². The van der Waals surface area contributed by atoms with Crippen LogP contribution in [0.1, 0.15) is 68.0 Å². The van der Waals surface area contributed by atoms with Crippen LogP contribution in [-0.4, -0.2) is 48.3 Å². The van der Waals surface area contributed by atoms with Crippen LogP contribution in [0.3, 0.4) is 0 Å². The van der Waals surface area contributed by atoms with Crippen LogP contribution >= 0.6 is 11.6 Å². The van der Waals surface area contributed by atoms with Gasteiger partial charge in [-0.05, 0) is 85.3 Å². The number of nitrogens with zero attached hydrogens (tertiary/aromatic N) is 2. The molecule has 0 aliphatic carbocycles. The van der Waals surface area contributed by atoms with E-state index >= 15 is 0 Å². The lowest BCUT2D eigenvalue weighted by Crippen LogP contribution is -2.41. The summed E-state index contributed by atoms with van der Waals surface area (Å²) in [6.07, 6.45) is 1.71. The van der Waals surface area contributed by atoms with Gasteiger partial charge in [0.2, 0.25) is 5.91 Å². The third-order valence-corrected chi connectivity index (χ3v) is 8.33. The second-order valence-corrected chi connectivity index (χ2v) is 11.1. The van der Waals surface area contributed by atoms with E-state index in [0.29, 0.717) is 23.1 Å². The number of aliphatic hydroxyl groups is 1. The van der Waals surface area contributed by atoms with E-state index in [1.54, 1.807) is 7.11 Å². The summed E-state index contributed by atoms with van der Waals surface area (Å²) in [6, 6.07) is 19.8. The van der Waals surface area contributed by atoms with Crippen LogP contribution in [0.5, 0.6) is 11.5 Å². The molecule has 0 aromatic heterocycles. The number of β-amino-alcohol motifs (C(OH)–C–C–N with tert-alkyl or cyclic N) is 1. The Balaban J connectivity index is 1.56. The Hall–Kier alpha value is -3.06. The number of ether oxygens (including phenoxy) is 2. The van der Waals surface area contributed by atoms with Crippen LogP contribution in [0.2, 0.25) is 5.02 Å². The maximum Gasteiger partial charge on any atom is 0.232 e. The number of carbonyl (C=O) groups excluding carboxylic acids is 1. The average Bonchev–Trinajstić information content (AvgIpc) is 3.38. The molecule has 39 heavy (non-hydrogen) atoms. The van der Waals surface area contributed by atoms with Gasteiger partial charge in [-0.25, -0.2) is 0 Å². The average molecular weight is 549 g/mol. The fraction of sp³-hybridized carbons (Fsp3) is 0.406. The van der Waals surface area contributed by atoms with Crippen LogP contribution in [0.25, 0.3) is 0 Å². The van der Waals surface area contributed by atoms with Crippen LogP contribution in [0.15, 0.2) is 60.7 Å². The molecule has 3 aromatic carbocycles. The van der Waals surface area contributed by atoms with Crippen molar-refractivity contribution in [3.8, 4) is 11.5 Å². The number of rotatable bonds is 8. The molecular weight excluding hydrogens is 512 g/mol. The lowest BCUT2D eigenvalue weighted by Gasteiger charge is -2.38. The Labute approximate surface area is 236 Å². The van der Waals surface area contributed by atoms with Crippen molar-refractivity contribution in [2.75, 3.05) is 25.1 Å². The molecule has 2 aliphatic heterocycles. The van der Waals surface area contributed by atoms with Crippen molar-refractivity contribution in [1.82, 2.24) is 4.90 Å². The fourth-order valence-corrected chi connectivity index (χ4v) is 5.75. The summed E-state index contributed by atoms with van der Waals surface area (Å²) in [5.74, 6) is 1.33. The summed E-state index contributed by atoms with van der Waals surface area (Å²) in [5.41, 5.74) is 4.91. The van der Waals surface area contributed by atoms with Gasteiger partial charge in [-0.2, -0.15) is 0 Å². The van der Waals surface area contributed by atoms with Crippen molar-refractivity contribution in [3.63, 3.8) is 0 Å². The van der Waals surface area contributed by atoms with Crippen LogP contribution in [0, 0.1) is 0 Å². The van der Waals surface area contributed by atoms with Gasteiger partial charge in [0.1, 0.15) is 0 Å². The largest absolute Gasteiger partial charge is 0.493 e. The highest BCUT2D eigenvalue weighted by Gasteiger charge is 2.36. The van der Waals surface area contributed by atoms with E-state index in [1.165, 1.54) is 0 Å². The molecule has 6 nitrogen and oxygen atoms in total. The molecule has 0 spiro atoms. The van der Waals surface area contributed by atoms with E-state index in [4.69, 9.17) is 21.1 Å². The molecule has 2 aliphatic rings. The number of amides is 1. The van der Waals surface area contributed by atoms with Crippen molar-refractivity contribution in [2.45, 2.75) is 64.3 Å². The number of benzene rings is 3. The van der Waals surface area contributed by atoms with Gasteiger partial charge in [-0.15, -0.1) is 0 Å². The number of fused-ring (bicyclic) bond motifs is 1. The number of aliphatic hydroxyl groups excluding tert-OH is 1. The number of methoxy groups -OCH3 is 1. The van der Waals surface area contributed by atoms with E-state index in [2.05, 4.69) is 30.9 Å². The maximum absolute atomic E-state index is 13.8. The topological polar surface area (TPSA) is 62.2 Å². The van der Waals surface area contributed by atoms with Crippen LogP contribution < -0.4 is 14.4 Å². The third kappa shape index (κ3) is 5.65. The minimum absolute atomic E-state index is 0.0172. The first-order valence-electron chi connectivity index (χ1n) is 13.8. The van der Waals surface area contributed by atoms with E-state index in [0.717, 1.165) is 47.3 Å². The van der Waals surface area contributed by atoms with Crippen LogP contribution in [0.4, 0.5) is 5.69 Å². The fourth-order valence-electron chi connectivity index (χ4n) is 5.62. The normalized spacial score (nSPS) is 21.0. The first-order chi connectivity index (χ1) is 18.8. The number of hydrogen-bond donors (Lipinski definition) is 1. The number of carbonyl (C=O) groups is 1. The smallest absolute Gasteiger partial charge is 0.232 e. The highest BCUT2D eigenvalue weighted by molar-refractivity contribution is 6.30. The number of anilines is 1. The zero-order valence-corrected chi connectivity index (χ0v) is 23.8. The predicted molar refractivity (Wildman–Crippen MR) is 155 cm³/mol. The summed E-state index contributed by atoms with van der Waals surface area (Å²) in [7, 11) is 1.63. The van der Waals surface area contributed by atoms with Gasteiger partial charge in [0.05, 0.1) is 31.8 Å². The van der Waals surface area contributed by atoms with E-state index in [-0.39, 0.29) is 36.6 Å². The van der Waals surface area contributed by atoms with Crippen molar-refractivity contribution in [3.05, 3.63) is 87.9 Å². The first kappa shape index (κ1) is 27.5. The monoisotopic (exact) mass is 548 g/mol. The molecule has 4 atom stereocenters. The minimum atomic E-state index is -0.347. The second-order valence-electron chi connectivity index (χ2n) is 10.6. The molecule has 4 unspecified atom stereocenters. The lowest BCUT2D eigenvalue weighted by molar-refractivity contribution is -0.118. The molecule has 1 fully saturated rings. The zero-order valence-electron chi connectivity index (χ0n) is 23.1. The molecule has 1 saturated heterocycles. The Morgan fingerprint density at radius 3 is 2.38 bits per heavy atom. The molecule has 0 saturated carbocycles. The zero-order chi connectivity index (χ0) is 27.7. The molecule has 3 aromatic rings. The summed E-state index contributed by atoms with van der Waals surface area (Å²) < 4.78 is 11.9. The minimum Gasteiger partial charge on any atom is -0.493 e. The Morgan fingerprint density at radius 2 is 1.77 bits per heavy atom. The number of halogens is 1. The first-order valence-corrected chi connectivity index (χ1v) is 14.1. The Bertz CT molecular complexity index is 1310. The molecular formula is C32H37ClN2O4. The van der Waals surface area contributed by atoms with Crippen molar-refractivity contribution >= 4 is 23.2 Å². The van der Waals surface area contributed by atoms with Gasteiger partial charge in [0.25, 0.3) is 0 Å². The molecule has 2 heterocycles. The molecule has 1 amide bonds. The summed E-state index contributed by atoms with van der Waals surface area (Å²) in [6.45, 7) is 7.86. The molecule has 206 valence electrons. The highest BCUT2D eigenvalue weighted by Crippen LogP contribution is 2.44. The van der Waals surface area contributed by atoms with E-state index < -0.39 is 0 Å². The summed E-state index contributed by atoms with van der Waals surface area (Å²) in [4.78, 5) is 18.0. The second kappa shape index (κ2) is 11.6. The molecule has 1 N–H and O–H groups in total. The highest BCUT2D eigenvalue weighted by atomic mass is 35.5. The SMILES string of the molecule is CCC(C)Oc1cc2c(cc1OC)CC(=O)N(c1ccc(C(C)N3CCC(O)C3)cc1)C2c1ccc(Cl)cc1. The molecule has 0 radical (unpaired) electrons. The summed E-state index contributed by atoms with van der Waals surface area (Å²) >= 11 is 6.24. The number of hydrogen-bond acceptors (Lipinski definition) is 5. The molecule has 7 heteroatoms. The van der Waals surface area contributed by atoms with Crippen molar-refractivity contribution in [2.24, 2.45) is 0 Å². The van der Waals surface area contributed by atoms with E-state index in [9.17, 15) is 9.90 Å². The van der Waals surface area contributed by atoms with Gasteiger partial charge in [-0.1, -0.05) is 42.8 Å². The molecule has 5 rings (SSSR count). The van der Waals surface area contributed by atoms with Gasteiger partial charge >= 0.3 is 0 Å².